The van der Waals surface area contributed by atoms with E-state index in [1.54, 1.807) is 24.3 Å². The maximum atomic E-state index is 12.5. The van der Waals surface area contributed by atoms with Crippen molar-refractivity contribution >= 4 is 11.9 Å². The lowest BCUT2D eigenvalue weighted by Crippen LogP contribution is -2.18. The Morgan fingerprint density at radius 1 is 0.733 bits per heavy atom. The van der Waals surface area contributed by atoms with Crippen molar-refractivity contribution in [1.29, 1.82) is 0 Å². The lowest BCUT2D eigenvalue weighted by Gasteiger charge is -2.23. The predicted molar refractivity (Wildman–Crippen MR) is 123 cm³/mol. The smallest absolute Gasteiger partial charge is 0.339 e. The van der Waals surface area contributed by atoms with Crippen LogP contribution >= 0.6 is 0 Å². The lowest BCUT2D eigenvalue weighted by molar-refractivity contribution is 0.0430. The monoisotopic (exact) mass is 418 g/mol. The molecule has 1 aromatic carbocycles. The first-order valence-electron chi connectivity index (χ1n) is 11.2. The van der Waals surface area contributed by atoms with Gasteiger partial charge in [-0.15, -0.1) is 0 Å². The molecule has 1 rings (SSSR count). The van der Waals surface area contributed by atoms with E-state index >= 15 is 0 Å². The van der Waals surface area contributed by atoms with Gasteiger partial charge in [0.2, 0.25) is 0 Å². The molecule has 0 aromatic heterocycles. The molecular formula is C26H42O4. The van der Waals surface area contributed by atoms with E-state index in [-0.39, 0.29) is 22.0 Å². The molecule has 0 spiro atoms. The summed E-state index contributed by atoms with van der Waals surface area (Å²) >= 11 is 0. The Bertz CT molecular complexity index is 620. The fraction of sp³-hybridized carbons (Fsp3) is 0.692. The molecule has 1 aromatic rings. The number of carbonyl (C=O) groups excluding carboxylic acids is 2. The van der Waals surface area contributed by atoms with E-state index in [0.29, 0.717) is 25.0 Å². The molecule has 0 unspecified atom stereocenters. The molecule has 170 valence electrons. The van der Waals surface area contributed by atoms with Gasteiger partial charge in [-0.05, 0) is 60.5 Å². The molecule has 0 aliphatic rings. The van der Waals surface area contributed by atoms with Gasteiger partial charge in [0.15, 0.2) is 0 Å². The van der Waals surface area contributed by atoms with E-state index in [1.807, 2.05) is 0 Å². The summed E-state index contributed by atoms with van der Waals surface area (Å²) in [4.78, 5) is 25.1. The molecule has 4 nitrogen and oxygen atoms in total. The van der Waals surface area contributed by atoms with E-state index in [9.17, 15) is 9.59 Å². The van der Waals surface area contributed by atoms with Gasteiger partial charge in [0.05, 0.1) is 24.3 Å². The van der Waals surface area contributed by atoms with Gasteiger partial charge in [-0.2, -0.15) is 0 Å². The normalized spacial score (nSPS) is 14.1. The highest BCUT2D eigenvalue weighted by Gasteiger charge is 2.21. The van der Waals surface area contributed by atoms with Gasteiger partial charge in [-0.3, -0.25) is 0 Å². The van der Waals surface area contributed by atoms with Crippen LogP contribution in [0.3, 0.4) is 0 Å². The third-order valence-corrected chi connectivity index (χ3v) is 4.98. The van der Waals surface area contributed by atoms with Crippen LogP contribution in [0, 0.1) is 22.7 Å². The fourth-order valence-corrected chi connectivity index (χ4v) is 4.00. The number of rotatable bonds is 10. The molecule has 2 atom stereocenters. The minimum atomic E-state index is -0.466. The van der Waals surface area contributed by atoms with Gasteiger partial charge in [0.25, 0.3) is 0 Å². The molecule has 0 N–H and O–H groups in total. The first-order valence-corrected chi connectivity index (χ1v) is 11.2. The van der Waals surface area contributed by atoms with Crippen LogP contribution in [-0.4, -0.2) is 25.2 Å². The maximum Gasteiger partial charge on any atom is 0.339 e. The van der Waals surface area contributed by atoms with Crippen LogP contribution in [-0.2, 0) is 9.47 Å². The number of hydrogen-bond donors (Lipinski definition) is 0. The minimum absolute atomic E-state index is 0.254. The Morgan fingerprint density at radius 3 is 1.37 bits per heavy atom. The SMILES string of the molecule is C[C@H](CCOC(=O)c1ccccc1C(=O)OCC[C@H](C)CC(C)(C)C)CC(C)(C)C. The van der Waals surface area contributed by atoms with Gasteiger partial charge < -0.3 is 9.47 Å². The van der Waals surface area contributed by atoms with Crippen LogP contribution in [0.5, 0.6) is 0 Å². The van der Waals surface area contributed by atoms with Crippen LogP contribution in [0.25, 0.3) is 0 Å². The van der Waals surface area contributed by atoms with Crippen molar-refractivity contribution in [3.05, 3.63) is 35.4 Å². The molecule has 0 amide bonds. The van der Waals surface area contributed by atoms with Crippen molar-refractivity contribution < 1.29 is 19.1 Å². The Balaban J connectivity index is 2.58. The summed E-state index contributed by atoms with van der Waals surface area (Å²) in [5, 5.41) is 0. The molecular weight excluding hydrogens is 376 g/mol. The molecule has 0 saturated heterocycles. The summed E-state index contributed by atoms with van der Waals surface area (Å²) in [6.07, 6.45) is 3.75. The van der Waals surface area contributed by atoms with Crippen LogP contribution in [0.15, 0.2) is 24.3 Å². The second kappa shape index (κ2) is 11.5. The van der Waals surface area contributed by atoms with Gasteiger partial charge >= 0.3 is 11.9 Å². The van der Waals surface area contributed by atoms with E-state index < -0.39 is 11.9 Å². The quantitative estimate of drug-likeness (QED) is 0.387. The number of esters is 2. The van der Waals surface area contributed by atoms with Crippen molar-refractivity contribution in [1.82, 2.24) is 0 Å². The van der Waals surface area contributed by atoms with E-state index in [4.69, 9.17) is 9.47 Å². The maximum absolute atomic E-state index is 12.5. The first-order chi connectivity index (χ1) is 13.8. The Hall–Kier alpha value is -1.84. The summed E-state index contributed by atoms with van der Waals surface area (Å²) in [5.74, 6) is -0.000544. The van der Waals surface area contributed by atoms with Crippen molar-refractivity contribution in [2.24, 2.45) is 22.7 Å². The molecule has 0 bridgehead atoms. The highest BCUT2D eigenvalue weighted by Crippen LogP contribution is 2.27. The summed E-state index contributed by atoms with van der Waals surface area (Å²) in [7, 11) is 0. The minimum Gasteiger partial charge on any atom is -0.462 e. The highest BCUT2D eigenvalue weighted by molar-refractivity contribution is 6.03. The Kier molecular flexibility index (Phi) is 10.1. The summed E-state index contributed by atoms with van der Waals surface area (Å²) in [5.41, 5.74) is 1.05. The van der Waals surface area contributed by atoms with Crippen molar-refractivity contribution in [3.8, 4) is 0 Å². The first kappa shape index (κ1) is 26.2. The third-order valence-electron chi connectivity index (χ3n) is 4.98. The largest absolute Gasteiger partial charge is 0.462 e. The summed E-state index contributed by atoms with van der Waals surface area (Å²) in [6.45, 7) is 18.3. The number of ether oxygens (including phenoxy) is 2. The average Bonchev–Trinajstić information content (AvgIpc) is 2.58. The zero-order valence-electron chi connectivity index (χ0n) is 20.3. The van der Waals surface area contributed by atoms with Crippen LogP contribution in [0.1, 0.15) is 102 Å². The fourth-order valence-electron chi connectivity index (χ4n) is 4.00. The van der Waals surface area contributed by atoms with Gasteiger partial charge in [0.1, 0.15) is 0 Å². The molecule has 0 heterocycles. The van der Waals surface area contributed by atoms with E-state index in [1.165, 1.54) is 0 Å². The van der Waals surface area contributed by atoms with Crippen molar-refractivity contribution in [3.63, 3.8) is 0 Å². The predicted octanol–water partition coefficient (Wildman–Crippen LogP) is 6.93. The third kappa shape index (κ3) is 10.8. The molecule has 0 saturated carbocycles. The topological polar surface area (TPSA) is 52.6 Å². The standard InChI is InChI=1S/C26H42O4/c1-19(17-25(3,4)5)13-15-29-23(27)21-11-9-10-12-22(21)24(28)30-16-14-20(2)18-26(6,7)8/h9-12,19-20H,13-18H2,1-8H3/t19-,20+. The van der Waals surface area contributed by atoms with Gasteiger partial charge in [0, 0.05) is 0 Å². The second-order valence-electron chi connectivity index (χ2n) is 11.1. The lowest BCUT2D eigenvalue weighted by atomic mass is 9.84. The van der Waals surface area contributed by atoms with E-state index in [2.05, 4.69) is 55.4 Å². The average molecular weight is 419 g/mol. The van der Waals surface area contributed by atoms with Gasteiger partial charge in [-0.1, -0.05) is 67.5 Å². The molecule has 0 radical (unpaired) electrons. The number of benzene rings is 1. The number of hydrogen-bond acceptors (Lipinski definition) is 4. The molecule has 0 aliphatic carbocycles. The van der Waals surface area contributed by atoms with Crippen molar-refractivity contribution in [2.45, 2.75) is 81.1 Å². The molecule has 30 heavy (non-hydrogen) atoms. The van der Waals surface area contributed by atoms with Crippen LogP contribution < -0.4 is 0 Å². The van der Waals surface area contributed by atoms with Gasteiger partial charge in [-0.25, -0.2) is 9.59 Å². The summed E-state index contributed by atoms with van der Waals surface area (Å²) in [6, 6.07) is 6.72. The zero-order chi connectivity index (χ0) is 22.9. The van der Waals surface area contributed by atoms with Crippen LogP contribution in [0.4, 0.5) is 0 Å². The highest BCUT2D eigenvalue weighted by atomic mass is 16.5. The van der Waals surface area contributed by atoms with E-state index in [0.717, 1.165) is 25.7 Å². The number of carbonyl (C=O) groups is 2. The molecule has 0 fully saturated rings. The molecule has 0 aliphatic heterocycles. The summed E-state index contributed by atoms with van der Waals surface area (Å²) < 4.78 is 10.9. The molecule has 4 heteroatoms. The Labute approximate surface area is 183 Å². The van der Waals surface area contributed by atoms with Crippen LogP contribution in [0.2, 0.25) is 0 Å². The van der Waals surface area contributed by atoms with Crippen molar-refractivity contribution in [2.75, 3.05) is 13.2 Å². The zero-order valence-corrected chi connectivity index (χ0v) is 20.3. The second-order valence-corrected chi connectivity index (χ2v) is 11.1. The Morgan fingerprint density at radius 2 is 1.07 bits per heavy atom.